The van der Waals surface area contributed by atoms with Crippen molar-refractivity contribution in [3.8, 4) is 5.75 Å². The first-order valence-electron chi connectivity index (χ1n) is 9.15. The molecule has 138 valence electrons. The van der Waals surface area contributed by atoms with Gasteiger partial charge in [-0.15, -0.1) is 16.8 Å². The summed E-state index contributed by atoms with van der Waals surface area (Å²) >= 11 is 1.52. The van der Waals surface area contributed by atoms with Crippen molar-refractivity contribution in [2.75, 3.05) is 0 Å². The van der Waals surface area contributed by atoms with E-state index in [-0.39, 0.29) is 5.25 Å². The standard InChI is InChI=1S/C20H25N3O2S/c1-3-13-23-19(14-25-16-11-9-15(4-2)10-12-16)21-22-20(23)26-18-8-6-5-7-17(18)24/h3,9-12,18H,1,4-8,13-14H2,2H3. The zero-order chi connectivity index (χ0) is 18.4. The van der Waals surface area contributed by atoms with Gasteiger partial charge in [-0.2, -0.15) is 0 Å². The van der Waals surface area contributed by atoms with Crippen molar-refractivity contribution in [1.29, 1.82) is 0 Å². The van der Waals surface area contributed by atoms with E-state index in [9.17, 15) is 4.79 Å². The Hall–Kier alpha value is -2.08. The Morgan fingerprint density at radius 3 is 2.81 bits per heavy atom. The van der Waals surface area contributed by atoms with Gasteiger partial charge in [0.25, 0.3) is 0 Å². The highest BCUT2D eigenvalue weighted by molar-refractivity contribution is 8.00. The van der Waals surface area contributed by atoms with Crippen LogP contribution >= 0.6 is 11.8 Å². The van der Waals surface area contributed by atoms with Crippen LogP contribution in [0.2, 0.25) is 0 Å². The number of carbonyl (C=O) groups excluding carboxylic acids is 1. The normalized spacial score (nSPS) is 17.3. The zero-order valence-corrected chi connectivity index (χ0v) is 16.0. The lowest BCUT2D eigenvalue weighted by Gasteiger charge is -2.19. The Balaban J connectivity index is 1.69. The Morgan fingerprint density at radius 2 is 2.12 bits per heavy atom. The third-order valence-corrected chi connectivity index (χ3v) is 5.85. The highest BCUT2D eigenvalue weighted by Gasteiger charge is 2.26. The summed E-state index contributed by atoms with van der Waals surface area (Å²) in [4.78, 5) is 12.1. The van der Waals surface area contributed by atoms with Gasteiger partial charge in [0.15, 0.2) is 11.0 Å². The van der Waals surface area contributed by atoms with Crippen molar-refractivity contribution in [3.63, 3.8) is 0 Å². The van der Waals surface area contributed by atoms with Gasteiger partial charge in [0.1, 0.15) is 18.1 Å². The number of aromatic nitrogens is 3. The number of allylic oxidation sites excluding steroid dienone is 1. The summed E-state index contributed by atoms with van der Waals surface area (Å²) in [6.07, 6.45) is 6.52. The minimum Gasteiger partial charge on any atom is -0.486 e. The molecule has 0 saturated heterocycles. The Kier molecular flexibility index (Phi) is 6.50. The van der Waals surface area contributed by atoms with Crippen molar-refractivity contribution in [3.05, 3.63) is 48.3 Å². The third kappa shape index (κ3) is 4.55. The number of hydrogen-bond donors (Lipinski definition) is 0. The maximum absolute atomic E-state index is 12.1. The van der Waals surface area contributed by atoms with E-state index in [0.717, 1.165) is 42.4 Å². The summed E-state index contributed by atoms with van der Waals surface area (Å²) < 4.78 is 7.86. The summed E-state index contributed by atoms with van der Waals surface area (Å²) in [5.41, 5.74) is 1.28. The molecule has 1 heterocycles. The largest absolute Gasteiger partial charge is 0.486 e. The lowest BCUT2D eigenvalue weighted by Crippen LogP contribution is -2.22. The second-order valence-corrected chi connectivity index (χ2v) is 7.57. The molecule has 1 saturated carbocycles. The molecule has 26 heavy (non-hydrogen) atoms. The number of Topliss-reactive ketones (excluding diaryl/α,β-unsaturated/α-hetero) is 1. The van der Waals surface area contributed by atoms with Crippen LogP contribution in [0.25, 0.3) is 0 Å². The monoisotopic (exact) mass is 371 g/mol. The second-order valence-electron chi connectivity index (χ2n) is 6.40. The molecule has 0 bridgehead atoms. The number of ether oxygens (including phenoxy) is 1. The molecule has 0 amide bonds. The molecular formula is C20H25N3O2S. The van der Waals surface area contributed by atoms with Crippen LogP contribution in [0.3, 0.4) is 0 Å². The minimum atomic E-state index is -0.00753. The van der Waals surface area contributed by atoms with Crippen LogP contribution in [0.5, 0.6) is 5.75 Å². The molecule has 1 aliphatic carbocycles. The summed E-state index contributed by atoms with van der Waals surface area (Å²) in [5, 5.41) is 9.34. The fraction of sp³-hybridized carbons (Fsp3) is 0.450. The van der Waals surface area contributed by atoms with Gasteiger partial charge >= 0.3 is 0 Å². The van der Waals surface area contributed by atoms with E-state index < -0.39 is 0 Å². The Labute approximate surface area is 158 Å². The van der Waals surface area contributed by atoms with Crippen LogP contribution in [0.1, 0.15) is 44.0 Å². The van der Waals surface area contributed by atoms with Gasteiger partial charge in [-0.3, -0.25) is 9.36 Å². The molecule has 0 spiro atoms. The molecule has 1 aromatic heterocycles. The smallest absolute Gasteiger partial charge is 0.192 e. The molecule has 1 unspecified atom stereocenters. The lowest BCUT2D eigenvalue weighted by molar-refractivity contribution is -0.119. The summed E-state index contributed by atoms with van der Waals surface area (Å²) in [6, 6.07) is 8.09. The van der Waals surface area contributed by atoms with Gasteiger partial charge < -0.3 is 4.74 Å². The van der Waals surface area contributed by atoms with Crippen LogP contribution in [0.4, 0.5) is 0 Å². The maximum atomic E-state index is 12.1. The molecule has 5 nitrogen and oxygen atoms in total. The first kappa shape index (κ1) is 18.7. The summed E-state index contributed by atoms with van der Waals surface area (Å²) in [6.45, 7) is 6.89. The molecule has 1 fully saturated rings. The lowest BCUT2D eigenvalue weighted by atomic mass is 9.99. The first-order chi connectivity index (χ1) is 12.7. The van der Waals surface area contributed by atoms with E-state index in [0.29, 0.717) is 25.4 Å². The molecule has 3 rings (SSSR count). The summed E-state index contributed by atoms with van der Waals surface area (Å²) in [5.74, 6) is 1.88. The average Bonchev–Trinajstić information content (AvgIpc) is 3.04. The van der Waals surface area contributed by atoms with Crippen molar-refractivity contribution < 1.29 is 9.53 Å². The number of rotatable bonds is 8. The molecule has 0 aliphatic heterocycles. The van der Waals surface area contributed by atoms with E-state index in [1.165, 1.54) is 17.3 Å². The van der Waals surface area contributed by atoms with Crippen molar-refractivity contribution in [2.45, 2.75) is 62.6 Å². The molecular weight excluding hydrogens is 346 g/mol. The molecule has 1 aliphatic rings. The molecule has 6 heteroatoms. The number of nitrogens with zero attached hydrogens (tertiary/aromatic N) is 3. The number of hydrogen-bond acceptors (Lipinski definition) is 5. The fourth-order valence-corrected chi connectivity index (χ4v) is 4.18. The number of benzene rings is 1. The Morgan fingerprint density at radius 1 is 1.31 bits per heavy atom. The number of thioether (sulfide) groups is 1. The van der Waals surface area contributed by atoms with E-state index in [4.69, 9.17) is 4.74 Å². The van der Waals surface area contributed by atoms with Crippen LogP contribution in [0.15, 0.2) is 42.1 Å². The predicted octanol–water partition coefficient (Wildman–Crippen LogP) is 4.21. The third-order valence-electron chi connectivity index (χ3n) is 4.55. The maximum Gasteiger partial charge on any atom is 0.192 e. The van der Waals surface area contributed by atoms with Crippen molar-refractivity contribution in [1.82, 2.24) is 14.8 Å². The van der Waals surface area contributed by atoms with Gasteiger partial charge in [-0.25, -0.2) is 0 Å². The van der Waals surface area contributed by atoms with Crippen LogP contribution < -0.4 is 4.74 Å². The van der Waals surface area contributed by atoms with Gasteiger partial charge in [0.2, 0.25) is 0 Å². The average molecular weight is 372 g/mol. The van der Waals surface area contributed by atoms with Crippen LogP contribution in [0, 0.1) is 0 Å². The van der Waals surface area contributed by atoms with E-state index >= 15 is 0 Å². The van der Waals surface area contributed by atoms with Crippen molar-refractivity contribution >= 4 is 17.5 Å². The fourth-order valence-electron chi connectivity index (χ4n) is 3.00. The SMILES string of the molecule is C=CCn1c(COc2ccc(CC)cc2)nnc1SC1CCCCC1=O. The summed E-state index contributed by atoms with van der Waals surface area (Å²) in [7, 11) is 0. The molecule has 1 aromatic carbocycles. The minimum absolute atomic E-state index is 0.00753. The molecule has 1 atom stereocenters. The van der Waals surface area contributed by atoms with E-state index in [1.807, 2.05) is 22.8 Å². The number of ketones is 1. The highest BCUT2D eigenvalue weighted by atomic mass is 32.2. The Bertz CT molecular complexity index is 755. The highest BCUT2D eigenvalue weighted by Crippen LogP contribution is 2.31. The number of aryl methyl sites for hydroxylation is 1. The molecule has 0 N–H and O–H groups in total. The zero-order valence-electron chi connectivity index (χ0n) is 15.2. The van der Waals surface area contributed by atoms with Crippen LogP contribution in [-0.2, 0) is 24.4 Å². The van der Waals surface area contributed by atoms with Gasteiger partial charge in [-0.1, -0.05) is 43.3 Å². The first-order valence-corrected chi connectivity index (χ1v) is 10.0. The molecule has 2 aromatic rings. The quantitative estimate of drug-likeness (QED) is 0.651. The van der Waals surface area contributed by atoms with Crippen LogP contribution in [-0.4, -0.2) is 25.8 Å². The van der Waals surface area contributed by atoms with Crippen molar-refractivity contribution in [2.24, 2.45) is 0 Å². The second kappa shape index (κ2) is 9.03. The predicted molar refractivity (Wildman–Crippen MR) is 103 cm³/mol. The topological polar surface area (TPSA) is 57.0 Å². The van der Waals surface area contributed by atoms with E-state index in [1.54, 1.807) is 0 Å². The van der Waals surface area contributed by atoms with Gasteiger partial charge in [0.05, 0.1) is 5.25 Å². The van der Waals surface area contributed by atoms with Gasteiger partial charge in [0, 0.05) is 13.0 Å². The number of carbonyl (C=O) groups is 1. The molecule has 0 radical (unpaired) electrons. The van der Waals surface area contributed by atoms with Gasteiger partial charge in [-0.05, 0) is 37.0 Å². The van der Waals surface area contributed by atoms with E-state index in [2.05, 4.69) is 35.8 Å².